The van der Waals surface area contributed by atoms with Gasteiger partial charge in [-0.25, -0.2) is 0 Å². The number of nitrogens with one attached hydrogen (secondary N) is 1. The van der Waals surface area contributed by atoms with Crippen LogP contribution in [-0.4, -0.2) is 6.04 Å². The zero-order chi connectivity index (χ0) is 11.7. The van der Waals surface area contributed by atoms with Gasteiger partial charge in [0.2, 0.25) is 0 Å². The largest absolute Gasteiger partial charge is 0.381 e. The molecule has 1 N–H and O–H groups in total. The van der Waals surface area contributed by atoms with Crippen LogP contribution >= 0.6 is 34.8 Å². The van der Waals surface area contributed by atoms with Gasteiger partial charge in [-0.3, -0.25) is 0 Å². The molecule has 2 unspecified atom stereocenters. The molecule has 88 valence electrons. The van der Waals surface area contributed by atoms with E-state index in [1.165, 1.54) is 19.3 Å². The number of halogens is 3. The Morgan fingerprint density at radius 2 is 1.75 bits per heavy atom. The van der Waals surface area contributed by atoms with Crippen LogP contribution in [0.1, 0.15) is 26.2 Å². The van der Waals surface area contributed by atoms with Crippen molar-refractivity contribution in [1.82, 2.24) is 0 Å². The van der Waals surface area contributed by atoms with Crippen LogP contribution in [-0.2, 0) is 0 Å². The lowest BCUT2D eigenvalue weighted by Gasteiger charge is -2.20. The molecule has 1 saturated carbocycles. The molecule has 2 atom stereocenters. The highest BCUT2D eigenvalue weighted by atomic mass is 35.5. The Hall–Kier alpha value is -0.110. The van der Waals surface area contributed by atoms with Crippen LogP contribution in [0.3, 0.4) is 0 Å². The van der Waals surface area contributed by atoms with Crippen molar-refractivity contribution in [3.8, 4) is 0 Å². The van der Waals surface area contributed by atoms with E-state index in [9.17, 15) is 0 Å². The molecule has 1 aliphatic carbocycles. The predicted molar refractivity (Wildman–Crippen MR) is 71.9 cm³/mol. The first-order valence-corrected chi connectivity index (χ1v) is 6.62. The van der Waals surface area contributed by atoms with Gasteiger partial charge >= 0.3 is 0 Å². The molecule has 0 saturated heterocycles. The van der Waals surface area contributed by atoms with Crippen LogP contribution in [0.15, 0.2) is 12.1 Å². The van der Waals surface area contributed by atoms with E-state index in [1.807, 2.05) is 0 Å². The van der Waals surface area contributed by atoms with Crippen LogP contribution in [0.4, 0.5) is 5.69 Å². The molecule has 16 heavy (non-hydrogen) atoms. The van der Waals surface area contributed by atoms with Gasteiger partial charge in [0, 0.05) is 6.04 Å². The highest BCUT2D eigenvalue weighted by Crippen LogP contribution is 2.35. The molecule has 1 fully saturated rings. The third-order valence-electron chi connectivity index (χ3n) is 3.21. The van der Waals surface area contributed by atoms with Gasteiger partial charge in [-0.15, -0.1) is 0 Å². The number of benzene rings is 1. The van der Waals surface area contributed by atoms with Gasteiger partial charge < -0.3 is 5.32 Å². The summed E-state index contributed by atoms with van der Waals surface area (Å²) in [6.45, 7) is 2.26. The molecule has 1 aromatic rings. The van der Waals surface area contributed by atoms with E-state index >= 15 is 0 Å². The minimum absolute atomic E-state index is 0.495. The van der Waals surface area contributed by atoms with Crippen molar-refractivity contribution in [2.45, 2.75) is 32.2 Å². The van der Waals surface area contributed by atoms with E-state index in [1.54, 1.807) is 12.1 Å². The lowest BCUT2D eigenvalue weighted by Crippen LogP contribution is -2.21. The second-order valence-electron chi connectivity index (χ2n) is 4.41. The first-order valence-electron chi connectivity index (χ1n) is 5.49. The maximum atomic E-state index is 6.12. The fourth-order valence-electron chi connectivity index (χ4n) is 2.19. The summed E-state index contributed by atoms with van der Waals surface area (Å²) in [5.41, 5.74) is 0.884. The van der Waals surface area contributed by atoms with Gasteiger partial charge in [-0.1, -0.05) is 48.1 Å². The maximum Gasteiger partial charge on any atom is 0.0653 e. The molecule has 0 aliphatic heterocycles. The van der Waals surface area contributed by atoms with Gasteiger partial charge in [-0.05, 0) is 30.9 Å². The molecular formula is C12H14Cl3N. The molecule has 0 bridgehead atoms. The number of hydrogen-bond acceptors (Lipinski definition) is 1. The third-order valence-corrected chi connectivity index (χ3v) is 4.25. The standard InChI is InChI=1S/C12H14Cl3N/c1-7-3-2-4-11(7)16-12-6-9(14)8(13)5-10(12)15/h5-7,11,16H,2-4H2,1H3. The number of anilines is 1. The summed E-state index contributed by atoms with van der Waals surface area (Å²) in [6.07, 6.45) is 3.74. The zero-order valence-corrected chi connectivity index (χ0v) is 11.3. The third kappa shape index (κ3) is 2.58. The van der Waals surface area contributed by atoms with Crippen LogP contribution in [0.5, 0.6) is 0 Å². The molecule has 2 rings (SSSR count). The highest BCUT2D eigenvalue weighted by Gasteiger charge is 2.23. The van der Waals surface area contributed by atoms with Crippen LogP contribution < -0.4 is 5.32 Å². The fourth-order valence-corrected chi connectivity index (χ4v) is 2.79. The SMILES string of the molecule is CC1CCCC1Nc1cc(Cl)c(Cl)cc1Cl. The number of rotatable bonds is 2. The Morgan fingerprint density at radius 3 is 2.38 bits per heavy atom. The van der Waals surface area contributed by atoms with E-state index in [0.29, 0.717) is 27.0 Å². The van der Waals surface area contributed by atoms with Crippen molar-refractivity contribution < 1.29 is 0 Å². The Labute approximate surface area is 111 Å². The average Bonchev–Trinajstić information content (AvgIpc) is 2.61. The van der Waals surface area contributed by atoms with Gasteiger partial charge in [0.05, 0.1) is 20.8 Å². The Kier molecular flexibility index (Phi) is 3.89. The Morgan fingerprint density at radius 1 is 1.06 bits per heavy atom. The second-order valence-corrected chi connectivity index (χ2v) is 5.63. The van der Waals surface area contributed by atoms with Gasteiger partial charge in [0.25, 0.3) is 0 Å². The summed E-state index contributed by atoms with van der Waals surface area (Å²) in [6, 6.07) is 3.99. The monoisotopic (exact) mass is 277 g/mol. The highest BCUT2D eigenvalue weighted by molar-refractivity contribution is 6.44. The normalized spacial score (nSPS) is 24.8. The molecule has 1 aromatic carbocycles. The van der Waals surface area contributed by atoms with E-state index in [0.717, 1.165) is 5.69 Å². The summed E-state index contributed by atoms with van der Waals surface area (Å²) in [5.74, 6) is 0.686. The van der Waals surface area contributed by atoms with Crippen molar-refractivity contribution in [3.63, 3.8) is 0 Å². The topological polar surface area (TPSA) is 12.0 Å². The lowest BCUT2D eigenvalue weighted by atomic mass is 10.1. The summed E-state index contributed by atoms with van der Waals surface area (Å²) < 4.78 is 0. The molecular weight excluding hydrogens is 264 g/mol. The molecule has 4 heteroatoms. The molecule has 0 radical (unpaired) electrons. The predicted octanol–water partition coefficient (Wildman–Crippen LogP) is 5.25. The first-order chi connectivity index (χ1) is 7.58. The molecule has 0 spiro atoms. The van der Waals surface area contributed by atoms with Gasteiger partial charge in [0.15, 0.2) is 0 Å². The molecule has 0 heterocycles. The first kappa shape index (κ1) is 12.3. The van der Waals surface area contributed by atoms with Crippen LogP contribution in [0, 0.1) is 5.92 Å². The van der Waals surface area contributed by atoms with Crippen molar-refractivity contribution in [2.24, 2.45) is 5.92 Å². The van der Waals surface area contributed by atoms with E-state index in [-0.39, 0.29) is 0 Å². The molecule has 1 nitrogen and oxygen atoms in total. The van der Waals surface area contributed by atoms with Crippen molar-refractivity contribution in [1.29, 1.82) is 0 Å². The van der Waals surface area contributed by atoms with Gasteiger partial charge in [0.1, 0.15) is 0 Å². The summed E-state index contributed by atoms with van der Waals surface area (Å²) in [5, 5.41) is 5.12. The summed E-state index contributed by atoms with van der Waals surface area (Å²) in [4.78, 5) is 0. The van der Waals surface area contributed by atoms with E-state index in [4.69, 9.17) is 34.8 Å². The molecule has 1 aliphatic rings. The minimum atomic E-state index is 0.495. The fraction of sp³-hybridized carbons (Fsp3) is 0.500. The van der Waals surface area contributed by atoms with E-state index < -0.39 is 0 Å². The van der Waals surface area contributed by atoms with Crippen LogP contribution in [0.25, 0.3) is 0 Å². The average molecular weight is 279 g/mol. The van der Waals surface area contributed by atoms with Crippen molar-refractivity contribution in [3.05, 3.63) is 27.2 Å². The lowest BCUT2D eigenvalue weighted by molar-refractivity contribution is 0.556. The number of hydrogen-bond donors (Lipinski definition) is 1. The van der Waals surface area contributed by atoms with Crippen molar-refractivity contribution >= 4 is 40.5 Å². The summed E-state index contributed by atoms with van der Waals surface area (Å²) >= 11 is 18.0. The van der Waals surface area contributed by atoms with Crippen molar-refractivity contribution in [2.75, 3.05) is 5.32 Å². The second kappa shape index (κ2) is 5.03. The van der Waals surface area contributed by atoms with E-state index in [2.05, 4.69) is 12.2 Å². The maximum absolute atomic E-state index is 6.12. The van der Waals surface area contributed by atoms with Crippen LogP contribution in [0.2, 0.25) is 15.1 Å². The van der Waals surface area contributed by atoms with Gasteiger partial charge in [-0.2, -0.15) is 0 Å². The Balaban J connectivity index is 2.18. The smallest absolute Gasteiger partial charge is 0.0653 e. The quantitative estimate of drug-likeness (QED) is 0.729. The zero-order valence-electron chi connectivity index (χ0n) is 9.06. The molecule has 0 aromatic heterocycles. The molecule has 0 amide bonds. The minimum Gasteiger partial charge on any atom is -0.381 e. The Bertz CT molecular complexity index is 392. The summed E-state index contributed by atoms with van der Waals surface area (Å²) in [7, 11) is 0.